The molecule has 1 atom stereocenters. The van der Waals surface area contributed by atoms with Gasteiger partial charge in [-0.3, -0.25) is 0 Å². The highest BCUT2D eigenvalue weighted by atomic mass is 35.5. The molecule has 0 bridgehead atoms. The molecule has 5 nitrogen and oxygen atoms in total. The van der Waals surface area contributed by atoms with Crippen LogP contribution in [0.4, 0.5) is 10.5 Å². The van der Waals surface area contributed by atoms with Crippen molar-refractivity contribution in [1.29, 1.82) is 0 Å². The predicted octanol–water partition coefficient (Wildman–Crippen LogP) is 3.44. The number of anilines is 1. The average molecular weight is 341 g/mol. The van der Waals surface area contributed by atoms with E-state index in [9.17, 15) is 9.90 Å². The molecule has 0 aliphatic carbocycles. The summed E-state index contributed by atoms with van der Waals surface area (Å²) in [4.78, 5) is 12.7. The van der Waals surface area contributed by atoms with Crippen LogP contribution in [-0.4, -0.2) is 24.8 Å². The average Bonchev–Trinajstić information content (AvgIpc) is 3.03. The second-order valence-corrected chi connectivity index (χ2v) is 6.26. The maximum atomic E-state index is 12.0. The van der Waals surface area contributed by atoms with E-state index < -0.39 is 11.6 Å². The second-order valence-electron chi connectivity index (χ2n) is 4.90. The fourth-order valence-electron chi connectivity index (χ4n) is 1.82. The number of amides is 2. The van der Waals surface area contributed by atoms with E-state index in [0.717, 1.165) is 4.88 Å². The zero-order chi connectivity index (χ0) is 16.2. The normalized spacial score (nSPS) is 13.3. The number of hydrogen-bond acceptors (Lipinski definition) is 4. The fourth-order valence-corrected chi connectivity index (χ4v) is 2.77. The molecule has 1 unspecified atom stereocenters. The minimum atomic E-state index is -1.12. The van der Waals surface area contributed by atoms with Crippen LogP contribution in [0.3, 0.4) is 0 Å². The van der Waals surface area contributed by atoms with E-state index in [2.05, 4.69) is 10.6 Å². The van der Waals surface area contributed by atoms with Crippen LogP contribution >= 0.6 is 22.9 Å². The van der Waals surface area contributed by atoms with Crippen LogP contribution in [0.25, 0.3) is 0 Å². The number of nitrogens with one attached hydrogen (secondary N) is 2. The molecule has 0 aliphatic heterocycles. The first-order valence-corrected chi connectivity index (χ1v) is 7.83. The lowest BCUT2D eigenvalue weighted by molar-refractivity contribution is 0.0637. The van der Waals surface area contributed by atoms with Crippen molar-refractivity contribution < 1.29 is 14.6 Å². The Labute approximate surface area is 137 Å². The summed E-state index contributed by atoms with van der Waals surface area (Å²) in [7, 11) is 1.53. The lowest BCUT2D eigenvalue weighted by atomic mass is 10.1. The quantitative estimate of drug-likeness (QED) is 0.780. The molecule has 1 heterocycles. The van der Waals surface area contributed by atoms with Crippen LogP contribution in [0.5, 0.6) is 5.75 Å². The van der Waals surface area contributed by atoms with Gasteiger partial charge in [-0.05, 0) is 30.5 Å². The van der Waals surface area contributed by atoms with Crippen LogP contribution in [0.2, 0.25) is 5.02 Å². The topological polar surface area (TPSA) is 70.6 Å². The molecule has 0 saturated carbocycles. The highest BCUT2D eigenvalue weighted by Crippen LogP contribution is 2.27. The lowest BCUT2D eigenvalue weighted by Gasteiger charge is -2.22. The van der Waals surface area contributed by atoms with E-state index in [-0.39, 0.29) is 6.54 Å². The summed E-state index contributed by atoms with van der Waals surface area (Å²) in [5.74, 6) is 0.588. The van der Waals surface area contributed by atoms with Crippen molar-refractivity contribution in [2.45, 2.75) is 12.5 Å². The van der Waals surface area contributed by atoms with E-state index in [1.54, 1.807) is 25.1 Å². The van der Waals surface area contributed by atoms with Crippen LogP contribution in [0.15, 0.2) is 35.7 Å². The standard InChI is InChI=1S/C15H17ClN2O3S/c1-15(20,13-4-3-7-22-13)9-17-14(19)18-12-8-10(21-2)5-6-11(12)16/h3-8,20H,9H2,1-2H3,(H2,17,18,19). The van der Waals surface area contributed by atoms with Crippen LogP contribution in [-0.2, 0) is 5.60 Å². The number of ether oxygens (including phenoxy) is 1. The first kappa shape index (κ1) is 16.6. The zero-order valence-corrected chi connectivity index (χ0v) is 13.8. The summed E-state index contributed by atoms with van der Waals surface area (Å²) in [5, 5.41) is 17.9. The Balaban J connectivity index is 1.96. The summed E-state index contributed by atoms with van der Waals surface area (Å²) in [5.41, 5.74) is -0.682. The maximum absolute atomic E-state index is 12.0. The van der Waals surface area contributed by atoms with Gasteiger partial charge in [-0.15, -0.1) is 11.3 Å². The van der Waals surface area contributed by atoms with Gasteiger partial charge in [0.1, 0.15) is 11.4 Å². The van der Waals surface area contributed by atoms with E-state index in [0.29, 0.717) is 16.5 Å². The highest BCUT2D eigenvalue weighted by Gasteiger charge is 2.24. The van der Waals surface area contributed by atoms with Crippen LogP contribution in [0, 0.1) is 0 Å². The minimum absolute atomic E-state index is 0.0843. The van der Waals surface area contributed by atoms with Gasteiger partial charge >= 0.3 is 6.03 Å². The predicted molar refractivity (Wildman–Crippen MR) is 88.9 cm³/mol. The number of aliphatic hydroxyl groups is 1. The minimum Gasteiger partial charge on any atom is -0.497 e. The number of methoxy groups -OCH3 is 1. The third-order valence-corrected chi connectivity index (χ3v) is 4.52. The number of hydrogen-bond donors (Lipinski definition) is 3. The molecule has 0 aliphatic rings. The van der Waals surface area contributed by atoms with Gasteiger partial charge in [0.05, 0.1) is 24.4 Å². The Bertz CT molecular complexity index is 644. The number of rotatable bonds is 5. The van der Waals surface area contributed by atoms with Gasteiger partial charge in [-0.25, -0.2) is 4.79 Å². The number of carbonyl (C=O) groups excluding carboxylic acids is 1. The molecule has 2 aromatic rings. The summed E-state index contributed by atoms with van der Waals surface area (Å²) in [6.07, 6.45) is 0. The third-order valence-electron chi connectivity index (χ3n) is 3.07. The molecule has 0 spiro atoms. The van der Waals surface area contributed by atoms with E-state index in [1.807, 2.05) is 17.5 Å². The van der Waals surface area contributed by atoms with Gasteiger partial charge in [0.25, 0.3) is 0 Å². The molecule has 1 aromatic carbocycles. The van der Waals surface area contributed by atoms with Gasteiger partial charge in [-0.2, -0.15) is 0 Å². The monoisotopic (exact) mass is 340 g/mol. The summed E-state index contributed by atoms with van der Waals surface area (Å²) < 4.78 is 5.09. The van der Waals surface area contributed by atoms with Gasteiger partial charge in [0.2, 0.25) is 0 Å². The molecule has 0 radical (unpaired) electrons. The van der Waals surface area contributed by atoms with Crippen molar-refractivity contribution in [3.8, 4) is 5.75 Å². The third kappa shape index (κ3) is 4.13. The Morgan fingerprint density at radius 1 is 1.45 bits per heavy atom. The zero-order valence-electron chi connectivity index (χ0n) is 12.2. The molecule has 1 aromatic heterocycles. The molecule has 0 fully saturated rings. The molecule has 0 saturated heterocycles. The first-order chi connectivity index (χ1) is 10.4. The van der Waals surface area contributed by atoms with Crippen molar-refractivity contribution in [1.82, 2.24) is 5.32 Å². The van der Waals surface area contributed by atoms with Crippen molar-refractivity contribution in [2.24, 2.45) is 0 Å². The summed E-state index contributed by atoms with van der Waals surface area (Å²) in [6, 6.07) is 8.18. The maximum Gasteiger partial charge on any atom is 0.319 e. The lowest BCUT2D eigenvalue weighted by Crippen LogP contribution is -2.40. The summed E-state index contributed by atoms with van der Waals surface area (Å²) in [6.45, 7) is 1.73. The highest BCUT2D eigenvalue weighted by molar-refractivity contribution is 7.10. The first-order valence-electron chi connectivity index (χ1n) is 6.57. The number of halogens is 1. The Kier molecular flexibility index (Phi) is 5.28. The van der Waals surface area contributed by atoms with E-state index in [1.165, 1.54) is 18.4 Å². The Morgan fingerprint density at radius 3 is 2.86 bits per heavy atom. The van der Waals surface area contributed by atoms with Gasteiger partial charge in [-0.1, -0.05) is 17.7 Å². The van der Waals surface area contributed by atoms with Crippen LogP contribution < -0.4 is 15.4 Å². The smallest absolute Gasteiger partial charge is 0.319 e. The Morgan fingerprint density at radius 2 is 2.23 bits per heavy atom. The van der Waals surface area contributed by atoms with E-state index >= 15 is 0 Å². The summed E-state index contributed by atoms with van der Waals surface area (Å²) >= 11 is 7.46. The molecule has 7 heteroatoms. The largest absolute Gasteiger partial charge is 0.497 e. The van der Waals surface area contributed by atoms with Gasteiger partial charge in [0, 0.05) is 10.9 Å². The number of carbonyl (C=O) groups is 1. The number of benzene rings is 1. The molecular formula is C15H17ClN2O3S. The SMILES string of the molecule is COc1ccc(Cl)c(NC(=O)NCC(C)(O)c2cccs2)c1. The second kappa shape index (κ2) is 7.00. The van der Waals surface area contributed by atoms with Crippen molar-refractivity contribution >= 4 is 34.7 Å². The van der Waals surface area contributed by atoms with Crippen molar-refractivity contribution in [2.75, 3.05) is 19.0 Å². The van der Waals surface area contributed by atoms with Crippen molar-refractivity contribution in [3.05, 3.63) is 45.6 Å². The van der Waals surface area contributed by atoms with Crippen LogP contribution in [0.1, 0.15) is 11.8 Å². The fraction of sp³-hybridized carbons (Fsp3) is 0.267. The molecule has 22 heavy (non-hydrogen) atoms. The van der Waals surface area contributed by atoms with Crippen molar-refractivity contribution in [3.63, 3.8) is 0 Å². The van der Waals surface area contributed by atoms with Gasteiger partial charge < -0.3 is 20.5 Å². The molecule has 118 valence electrons. The molecule has 2 amide bonds. The molecule has 2 rings (SSSR count). The molecule has 3 N–H and O–H groups in total. The van der Waals surface area contributed by atoms with Gasteiger partial charge in [0.15, 0.2) is 0 Å². The molecular weight excluding hydrogens is 324 g/mol. The Hall–Kier alpha value is -1.76. The van der Waals surface area contributed by atoms with E-state index in [4.69, 9.17) is 16.3 Å². The number of urea groups is 1. The number of thiophene rings is 1.